The summed E-state index contributed by atoms with van der Waals surface area (Å²) < 4.78 is 0. The molecule has 3 rings (SSSR count). The van der Waals surface area contributed by atoms with Crippen LogP contribution in [0.25, 0.3) is 0 Å². The predicted octanol–water partition coefficient (Wildman–Crippen LogP) is 3.78. The molecule has 0 aliphatic carbocycles. The topological polar surface area (TPSA) is 37.4 Å². The van der Waals surface area contributed by atoms with Crippen molar-refractivity contribution in [3.63, 3.8) is 0 Å². The Morgan fingerprint density at radius 1 is 0.682 bits per heavy atom. The third-order valence-electron chi connectivity index (χ3n) is 3.13. The van der Waals surface area contributed by atoms with E-state index in [-0.39, 0.29) is 11.8 Å². The molecular weight excluding hydrogens is 314 g/mol. The molecule has 0 atom stereocenters. The van der Waals surface area contributed by atoms with Crippen LogP contribution in [0.15, 0.2) is 80.3 Å². The normalized spacial score (nSPS) is 14.9. The average Bonchev–Trinajstić information content (AvgIpc) is 2.75. The number of hydrogen-bond acceptors (Lipinski definition) is 4. The highest BCUT2D eigenvalue weighted by Crippen LogP contribution is 2.41. The minimum Gasteiger partial charge on any atom is -0.277 e. The molecule has 2 aromatic rings. The van der Waals surface area contributed by atoms with Gasteiger partial charge in [0.25, 0.3) is 11.8 Å². The van der Waals surface area contributed by atoms with Crippen molar-refractivity contribution in [1.29, 1.82) is 0 Å². The molecule has 0 N–H and O–H groups in total. The van der Waals surface area contributed by atoms with E-state index in [4.69, 9.17) is 0 Å². The summed E-state index contributed by atoms with van der Waals surface area (Å²) >= 11 is 2.68. The van der Waals surface area contributed by atoms with Gasteiger partial charge in [-0.1, -0.05) is 59.9 Å². The first-order valence-corrected chi connectivity index (χ1v) is 8.32. The monoisotopic (exact) mass is 327 g/mol. The van der Waals surface area contributed by atoms with E-state index in [1.807, 2.05) is 60.7 Å². The summed E-state index contributed by atoms with van der Waals surface area (Å²) in [4.78, 5) is 28.7. The van der Waals surface area contributed by atoms with E-state index in [0.717, 1.165) is 9.79 Å². The molecule has 0 aromatic heterocycles. The predicted molar refractivity (Wildman–Crippen MR) is 89.4 cm³/mol. The standard InChI is InChI=1S/C17H13NO2S2/c1-18-16(19)14(21-12-8-4-2-5-9-12)15(17(18)20)22-13-10-6-3-7-11-13/h2-11H,1H3. The minimum atomic E-state index is -0.239. The van der Waals surface area contributed by atoms with Crippen molar-refractivity contribution in [2.24, 2.45) is 0 Å². The third kappa shape index (κ3) is 2.96. The van der Waals surface area contributed by atoms with E-state index in [2.05, 4.69) is 0 Å². The Balaban J connectivity index is 1.96. The molecule has 0 spiro atoms. The van der Waals surface area contributed by atoms with Crippen LogP contribution in [0.1, 0.15) is 0 Å². The molecule has 0 saturated carbocycles. The number of thioether (sulfide) groups is 2. The first-order valence-electron chi connectivity index (χ1n) is 6.69. The van der Waals surface area contributed by atoms with E-state index in [9.17, 15) is 9.59 Å². The molecule has 2 aromatic carbocycles. The van der Waals surface area contributed by atoms with Crippen LogP contribution in [0.2, 0.25) is 0 Å². The molecule has 110 valence electrons. The van der Waals surface area contributed by atoms with Gasteiger partial charge in [0.1, 0.15) is 0 Å². The van der Waals surface area contributed by atoms with Crippen LogP contribution in [0.3, 0.4) is 0 Å². The fourth-order valence-corrected chi connectivity index (χ4v) is 4.10. The van der Waals surface area contributed by atoms with Gasteiger partial charge in [-0.05, 0) is 24.3 Å². The van der Waals surface area contributed by atoms with Gasteiger partial charge in [-0.3, -0.25) is 14.5 Å². The first kappa shape index (κ1) is 14.9. The molecule has 22 heavy (non-hydrogen) atoms. The van der Waals surface area contributed by atoms with Crippen LogP contribution in [-0.2, 0) is 9.59 Å². The van der Waals surface area contributed by atoms with Crippen molar-refractivity contribution in [2.75, 3.05) is 7.05 Å². The number of carbonyl (C=O) groups is 2. The average molecular weight is 327 g/mol. The summed E-state index contributed by atoms with van der Waals surface area (Å²) in [5, 5.41) is 0. The number of nitrogens with zero attached hydrogens (tertiary/aromatic N) is 1. The van der Waals surface area contributed by atoms with Gasteiger partial charge in [-0.15, -0.1) is 0 Å². The summed E-state index contributed by atoms with van der Waals surface area (Å²) in [6.45, 7) is 0. The lowest BCUT2D eigenvalue weighted by molar-refractivity contribution is -0.135. The molecule has 0 bridgehead atoms. The molecular formula is C17H13NO2S2. The highest BCUT2D eigenvalue weighted by Gasteiger charge is 2.36. The van der Waals surface area contributed by atoms with Gasteiger partial charge < -0.3 is 0 Å². The molecule has 0 saturated heterocycles. The van der Waals surface area contributed by atoms with Crippen molar-refractivity contribution in [1.82, 2.24) is 4.90 Å². The maximum absolute atomic E-state index is 12.3. The Hall–Kier alpha value is -1.98. The summed E-state index contributed by atoms with van der Waals surface area (Å²) in [6.07, 6.45) is 0. The molecule has 0 fully saturated rings. The Labute approximate surface area is 137 Å². The van der Waals surface area contributed by atoms with Crippen molar-refractivity contribution in [3.05, 3.63) is 70.5 Å². The Bertz CT molecular complexity index is 678. The molecule has 1 aliphatic rings. The van der Waals surface area contributed by atoms with Crippen molar-refractivity contribution in [3.8, 4) is 0 Å². The molecule has 1 aliphatic heterocycles. The Morgan fingerprint density at radius 3 is 1.41 bits per heavy atom. The Morgan fingerprint density at radius 2 is 1.05 bits per heavy atom. The maximum atomic E-state index is 12.3. The fourth-order valence-electron chi connectivity index (χ4n) is 1.98. The van der Waals surface area contributed by atoms with E-state index in [1.54, 1.807) is 0 Å². The summed E-state index contributed by atoms with van der Waals surface area (Å²) in [6, 6.07) is 19.2. The van der Waals surface area contributed by atoms with E-state index < -0.39 is 0 Å². The van der Waals surface area contributed by atoms with Crippen LogP contribution in [0.5, 0.6) is 0 Å². The minimum absolute atomic E-state index is 0.239. The zero-order valence-electron chi connectivity index (χ0n) is 11.9. The molecule has 0 unspecified atom stereocenters. The van der Waals surface area contributed by atoms with Gasteiger partial charge in [-0.2, -0.15) is 0 Å². The molecule has 5 heteroatoms. The van der Waals surface area contributed by atoms with Crippen LogP contribution < -0.4 is 0 Å². The summed E-state index contributed by atoms with van der Waals surface area (Å²) in [5.74, 6) is -0.477. The van der Waals surface area contributed by atoms with Gasteiger partial charge in [0.05, 0.1) is 9.81 Å². The number of rotatable bonds is 4. The highest BCUT2D eigenvalue weighted by atomic mass is 32.2. The molecule has 3 nitrogen and oxygen atoms in total. The van der Waals surface area contributed by atoms with Crippen molar-refractivity contribution >= 4 is 35.3 Å². The second-order valence-electron chi connectivity index (χ2n) is 4.66. The molecule has 1 heterocycles. The lowest BCUT2D eigenvalue weighted by atomic mass is 10.4. The number of hydrogen-bond donors (Lipinski definition) is 0. The smallest absolute Gasteiger partial charge is 0.268 e. The van der Waals surface area contributed by atoms with E-state index >= 15 is 0 Å². The van der Waals surface area contributed by atoms with Gasteiger partial charge in [-0.25, -0.2) is 0 Å². The number of likely N-dealkylation sites (N-methyl/N-ethyl adjacent to an activating group) is 1. The number of imide groups is 1. The lowest BCUT2D eigenvalue weighted by Crippen LogP contribution is -2.26. The first-order chi connectivity index (χ1) is 10.7. The number of amides is 2. The fraction of sp³-hybridized carbons (Fsp3) is 0.0588. The van der Waals surface area contributed by atoms with Crippen molar-refractivity contribution in [2.45, 2.75) is 9.79 Å². The van der Waals surface area contributed by atoms with Gasteiger partial charge in [0, 0.05) is 16.8 Å². The zero-order valence-corrected chi connectivity index (χ0v) is 13.5. The molecule has 2 amide bonds. The van der Waals surface area contributed by atoms with Crippen LogP contribution >= 0.6 is 23.5 Å². The number of carbonyl (C=O) groups excluding carboxylic acids is 2. The van der Waals surface area contributed by atoms with Crippen molar-refractivity contribution < 1.29 is 9.59 Å². The van der Waals surface area contributed by atoms with Crippen LogP contribution in [0.4, 0.5) is 0 Å². The quantitative estimate of drug-likeness (QED) is 0.801. The van der Waals surface area contributed by atoms with Gasteiger partial charge in [0.2, 0.25) is 0 Å². The van der Waals surface area contributed by atoms with Gasteiger partial charge in [0.15, 0.2) is 0 Å². The summed E-state index contributed by atoms with van der Waals surface area (Å²) in [7, 11) is 1.52. The van der Waals surface area contributed by atoms with E-state index in [0.29, 0.717) is 9.81 Å². The van der Waals surface area contributed by atoms with Crippen LogP contribution in [-0.4, -0.2) is 23.8 Å². The molecule has 0 radical (unpaired) electrons. The highest BCUT2D eigenvalue weighted by molar-refractivity contribution is 8.08. The van der Waals surface area contributed by atoms with Gasteiger partial charge >= 0.3 is 0 Å². The second kappa shape index (κ2) is 6.42. The lowest BCUT2D eigenvalue weighted by Gasteiger charge is -2.06. The third-order valence-corrected chi connectivity index (χ3v) is 5.44. The SMILES string of the molecule is CN1C(=O)C(Sc2ccccc2)=C(Sc2ccccc2)C1=O. The maximum Gasteiger partial charge on any atom is 0.268 e. The second-order valence-corrected chi connectivity index (χ2v) is 6.83. The largest absolute Gasteiger partial charge is 0.277 e. The van der Waals surface area contributed by atoms with Crippen LogP contribution in [0, 0.1) is 0 Å². The summed E-state index contributed by atoms with van der Waals surface area (Å²) in [5.41, 5.74) is 0. The number of benzene rings is 2. The zero-order chi connectivity index (χ0) is 15.5. The Kier molecular flexibility index (Phi) is 4.36. The van der Waals surface area contributed by atoms with E-state index in [1.165, 1.54) is 35.5 Å².